The van der Waals surface area contributed by atoms with Crippen LogP contribution in [0.2, 0.25) is 10.0 Å². The number of halogens is 2. The summed E-state index contributed by atoms with van der Waals surface area (Å²) in [6, 6.07) is 7.21. The van der Waals surface area contributed by atoms with E-state index in [0.29, 0.717) is 22.9 Å². The molecule has 10 heteroatoms. The number of hydrogen-bond donors (Lipinski definition) is 0. The number of sulfonamides is 1. The van der Waals surface area contributed by atoms with Crippen LogP contribution in [0.1, 0.15) is 21.5 Å². The molecule has 28 heavy (non-hydrogen) atoms. The van der Waals surface area contributed by atoms with Crippen molar-refractivity contribution in [3.63, 3.8) is 0 Å². The van der Waals surface area contributed by atoms with E-state index >= 15 is 0 Å². The van der Waals surface area contributed by atoms with Crippen molar-refractivity contribution < 1.29 is 27.4 Å². The van der Waals surface area contributed by atoms with E-state index in [-0.39, 0.29) is 28.9 Å². The van der Waals surface area contributed by atoms with E-state index in [1.165, 1.54) is 32.3 Å². The third-order valence-corrected chi connectivity index (χ3v) is 6.41. The van der Waals surface area contributed by atoms with Gasteiger partial charge in [-0.3, -0.25) is 0 Å². The zero-order chi connectivity index (χ0) is 20.5. The molecule has 0 aliphatic carbocycles. The number of fused-ring (bicyclic) bond motifs is 1. The van der Waals surface area contributed by atoms with E-state index in [4.69, 9.17) is 37.4 Å². The van der Waals surface area contributed by atoms with Crippen LogP contribution >= 0.6 is 23.2 Å². The Morgan fingerprint density at radius 2 is 1.96 bits per heavy atom. The summed E-state index contributed by atoms with van der Waals surface area (Å²) in [6.45, 7) is 0.307. The molecule has 0 spiro atoms. The Labute approximate surface area is 172 Å². The average molecular weight is 446 g/mol. The van der Waals surface area contributed by atoms with Crippen molar-refractivity contribution in [2.45, 2.75) is 18.1 Å². The molecule has 1 aliphatic heterocycles. The molecule has 0 N–H and O–H groups in total. The van der Waals surface area contributed by atoms with Crippen LogP contribution in [0.3, 0.4) is 0 Å². The maximum atomic E-state index is 12.5. The van der Waals surface area contributed by atoms with Crippen molar-refractivity contribution >= 4 is 39.2 Å². The predicted octanol–water partition coefficient (Wildman–Crippen LogP) is 3.47. The maximum absolute atomic E-state index is 12.5. The Balaban J connectivity index is 1.84. The molecular weight excluding hydrogens is 429 g/mol. The highest BCUT2D eigenvalue weighted by Crippen LogP contribution is 2.32. The smallest absolute Gasteiger partial charge is 0.340 e. The summed E-state index contributed by atoms with van der Waals surface area (Å²) < 4.78 is 41.6. The molecule has 1 heterocycles. The van der Waals surface area contributed by atoms with E-state index in [2.05, 4.69) is 0 Å². The van der Waals surface area contributed by atoms with Gasteiger partial charge in [0.25, 0.3) is 0 Å². The molecule has 0 fully saturated rings. The average Bonchev–Trinajstić information content (AvgIpc) is 2.65. The molecule has 0 bridgehead atoms. The van der Waals surface area contributed by atoms with E-state index in [1.807, 2.05) is 0 Å². The van der Waals surface area contributed by atoms with Gasteiger partial charge >= 0.3 is 5.97 Å². The Morgan fingerprint density at radius 1 is 1.21 bits per heavy atom. The van der Waals surface area contributed by atoms with Crippen molar-refractivity contribution in [2.24, 2.45) is 0 Å². The molecule has 0 aromatic heterocycles. The molecule has 0 saturated heterocycles. The largest absolute Gasteiger partial charge is 0.467 e. The summed E-state index contributed by atoms with van der Waals surface area (Å²) in [5.41, 5.74) is 1.28. The van der Waals surface area contributed by atoms with Gasteiger partial charge in [-0.25, -0.2) is 17.5 Å². The van der Waals surface area contributed by atoms with Crippen LogP contribution in [0, 0.1) is 0 Å². The van der Waals surface area contributed by atoms with E-state index in [9.17, 15) is 13.2 Å². The van der Waals surface area contributed by atoms with Crippen LogP contribution in [0.4, 0.5) is 0 Å². The van der Waals surface area contributed by atoms with Gasteiger partial charge in [0.1, 0.15) is 12.4 Å². The van der Waals surface area contributed by atoms with E-state index in [0.717, 1.165) is 9.87 Å². The third kappa shape index (κ3) is 4.26. The van der Waals surface area contributed by atoms with Crippen LogP contribution in [0.5, 0.6) is 5.75 Å². The number of carbonyl (C=O) groups is 1. The standard InChI is InChI=1S/C18H17Cl2NO6S/c1-21(2)28(23,24)14-3-4-16(20)15(7-14)18(22)26-9-12-6-13(19)5-11-8-25-10-27-17(11)12/h3-7H,8-10H2,1-2H3. The lowest BCUT2D eigenvalue weighted by molar-refractivity contribution is -0.0180. The van der Waals surface area contributed by atoms with E-state index in [1.54, 1.807) is 12.1 Å². The van der Waals surface area contributed by atoms with Crippen LogP contribution < -0.4 is 4.74 Å². The maximum Gasteiger partial charge on any atom is 0.340 e. The predicted molar refractivity (Wildman–Crippen MR) is 103 cm³/mol. The second-order valence-corrected chi connectivity index (χ2v) is 9.16. The summed E-state index contributed by atoms with van der Waals surface area (Å²) >= 11 is 12.2. The van der Waals surface area contributed by atoms with Gasteiger partial charge in [-0.1, -0.05) is 23.2 Å². The molecule has 0 atom stereocenters. The van der Waals surface area contributed by atoms with Gasteiger partial charge in [-0.15, -0.1) is 0 Å². The third-order valence-electron chi connectivity index (χ3n) is 4.05. The SMILES string of the molecule is CN(C)S(=O)(=O)c1ccc(Cl)c(C(=O)OCc2cc(Cl)cc3c2OCOC3)c1. The van der Waals surface area contributed by atoms with E-state index < -0.39 is 16.0 Å². The molecule has 150 valence electrons. The van der Waals surface area contributed by atoms with Gasteiger partial charge in [0.05, 0.1) is 22.1 Å². The fourth-order valence-electron chi connectivity index (χ4n) is 2.62. The second kappa shape index (κ2) is 8.26. The zero-order valence-electron chi connectivity index (χ0n) is 15.1. The molecule has 0 saturated carbocycles. The summed E-state index contributed by atoms with van der Waals surface area (Å²) in [5.74, 6) is -0.208. The minimum absolute atomic E-state index is 0.0512. The summed E-state index contributed by atoms with van der Waals surface area (Å²) in [6.07, 6.45) is 0. The number of hydrogen-bond acceptors (Lipinski definition) is 6. The number of esters is 1. The zero-order valence-corrected chi connectivity index (χ0v) is 17.4. The van der Waals surface area contributed by atoms with Crippen molar-refractivity contribution in [3.8, 4) is 5.75 Å². The van der Waals surface area contributed by atoms with Gasteiger partial charge in [0.2, 0.25) is 10.0 Å². The number of rotatable bonds is 5. The number of carbonyl (C=O) groups excluding carboxylic acids is 1. The molecule has 3 rings (SSSR count). The lowest BCUT2D eigenvalue weighted by Crippen LogP contribution is -2.22. The Hall–Kier alpha value is -1.84. The first-order chi connectivity index (χ1) is 13.2. The van der Waals surface area contributed by atoms with Crippen LogP contribution in [0.15, 0.2) is 35.2 Å². The molecule has 0 unspecified atom stereocenters. The molecular formula is C18H17Cl2NO6S. The molecule has 0 radical (unpaired) electrons. The van der Waals surface area contributed by atoms with Crippen molar-refractivity contribution in [1.82, 2.24) is 4.31 Å². The molecule has 2 aromatic rings. The van der Waals surface area contributed by atoms with Gasteiger partial charge < -0.3 is 14.2 Å². The highest BCUT2D eigenvalue weighted by atomic mass is 35.5. The normalized spacial score (nSPS) is 13.8. The minimum atomic E-state index is -3.72. The Morgan fingerprint density at radius 3 is 2.68 bits per heavy atom. The number of nitrogens with zero attached hydrogens (tertiary/aromatic N) is 1. The molecule has 0 amide bonds. The first kappa shape index (κ1) is 20.9. The van der Waals surface area contributed by atoms with Crippen molar-refractivity contribution in [3.05, 3.63) is 57.1 Å². The fourth-order valence-corrected chi connectivity index (χ4v) is 4.00. The molecule has 7 nitrogen and oxygen atoms in total. The van der Waals surface area contributed by atoms with Crippen LogP contribution in [0.25, 0.3) is 0 Å². The Bertz CT molecular complexity index is 1020. The van der Waals surface area contributed by atoms with Gasteiger partial charge in [-0.2, -0.15) is 0 Å². The summed E-state index contributed by atoms with van der Waals surface area (Å²) in [7, 11) is -0.925. The minimum Gasteiger partial charge on any atom is -0.467 e. The highest BCUT2D eigenvalue weighted by Gasteiger charge is 2.22. The first-order valence-corrected chi connectivity index (χ1v) is 10.3. The number of benzene rings is 2. The highest BCUT2D eigenvalue weighted by molar-refractivity contribution is 7.89. The Kier molecular flexibility index (Phi) is 6.16. The van der Waals surface area contributed by atoms with Gasteiger partial charge in [0, 0.05) is 30.2 Å². The number of ether oxygens (including phenoxy) is 3. The summed E-state index contributed by atoms with van der Waals surface area (Å²) in [5, 5.41) is 0.538. The van der Waals surface area contributed by atoms with Crippen LogP contribution in [-0.2, 0) is 32.7 Å². The van der Waals surface area contributed by atoms with Gasteiger partial charge in [-0.05, 0) is 30.3 Å². The van der Waals surface area contributed by atoms with Crippen LogP contribution in [-0.4, -0.2) is 39.6 Å². The molecule has 2 aromatic carbocycles. The van der Waals surface area contributed by atoms with Gasteiger partial charge in [0.15, 0.2) is 6.79 Å². The quantitative estimate of drug-likeness (QED) is 0.655. The molecule has 1 aliphatic rings. The monoisotopic (exact) mass is 445 g/mol. The first-order valence-electron chi connectivity index (χ1n) is 8.11. The second-order valence-electron chi connectivity index (χ2n) is 6.17. The fraction of sp³-hybridized carbons (Fsp3) is 0.278. The lowest BCUT2D eigenvalue weighted by Gasteiger charge is -2.21. The summed E-state index contributed by atoms with van der Waals surface area (Å²) in [4.78, 5) is 12.5. The van der Waals surface area contributed by atoms with Crippen molar-refractivity contribution in [2.75, 3.05) is 20.9 Å². The van der Waals surface area contributed by atoms with Crippen molar-refractivity contribution in [1.29, 1.82) is 0 Å². The topological polar surface area (TPSA) is 82.1 Å². The lowest BCUT2D eigenvalue weighted by atomic mass is 10.1.